The van der Waals surface area contributed by atoms with Crippen molar-refractivity contribution in [2.24, 2.45) is 5.73 Å². The van der Waals surface area contributed by atoms with E-state index in [-0.39, 0.29) is 6.04 Å². The summed E-state index contributed by atoms with van der Waals surface area (Å²) >= 11 is 3.42. The van der Waals surface area contributed by atoms with Crippen LogP contribution in [0.5, 0.6) is 0 Å². The minimum atomic E-state index is 0.258. The second-order valence-electron chi connectivity index (χ2n) is 4.18. The van der Waals surface area contributed by atoms with E-state index in [4.69, 9.17) is 5.73 Å². The Morgan fingerprint density at radius 2 is 1.87 bits per heavy atom. The lowest BCUT2D eigenvalue weighted by atomic mass is 10.0. The van der Waals surface area contributed by atoms with Gasteiger partial charge in [0.05, 0.1) is 0 Å². The van der Waals surface area contributed by atoms with Crippen molar-refractivity contribution in [1.82, 2.24) is 4.90 Å². The van der Waals surface area contributed by atoms with Crippen molar-refractivity contribution in [2.45, 2.75) is 18.9 Å². The molecule has 0 radical (unpaired) electrons. The highest BCUT2D eigenvalue weighted by atomic mass is 79.9. The van der Waals surface area contributed by atoms with Crippen LogP contribution in [0.15, 0.2) is 28.7 Å². The highest BCUT2D eigenvalue weighted by Gasteiger charge is 2.04. The number of halogens is 1. The van der Waals surface area contributed by atoms with Crippen LogP contribution in [0.3, 0.4) is 0 Å². The van der Waals surface area contributed by atoms with Gasteiger partial charge in [-0.3, -0.25) is 0 Å². The molecule has 1 aromatic rings. The fourth-order valence-corrected chi connectivity index (χ4v) is 1.71. The first-order chi connectivity index (χ1) is 7.08. The maximum Gasteiger partial charge on any atom is 0.0175 e. The fraction of sp³-hybridized carbons (Fsp3) is 0.500. The molecule has 0 heterocycles. The van der Waals surface area contributed by atoms with Gasteiger partial charge in [0.15, 0.2) is 0 Å². The van der Waals surface area contributed by atoms with Crippen molar-refractivity contribution in [3.8, 4) is 0 Å². The third kappa shape index (κ3) is 5.30. The molecule has 0 aliphatic rings. The van der Waals surface area contributed by atoms with Crippen molar-refractivity contribution in [3.05, 3.63) is 34.3 Å². The molecular weight excluding hydrogens is 252 g/mol. The van der Waals surface area contributed by atoms with Gasteiger partial charge in [0.1, 0.15) is 0 Å². The molecule has 0 amide bonds. The molecule has 0 spiro atoms. The summed E-state index contributed by atoms with van der Waals surface area (Å²) in [6.07, 6.45) is 2.00. The lowest BCUT2D eigenvalue weighted by Gasteiger charge is -2.15. The van der Waals surface area contributed by atoms with Gasteiger partial charge in [0.25, 0.3) is 0 Å². The van der Waals surface area contributed by atoms with Gasteiger partial charge >= 0.3 is 0 Å². The smallest absolute Gasteiger partial charge is 0.0175 e. The van der Waals surface area contributed by atoms with E-state index in [1.165, 1.54) is 5.56 Å². The summed E-state index contributed by atoms with van der Waals surface area (Å²) in [5.41, 5.74) is 7.36. The van der Waals surface area contributed by atoms with Crippen LogP contribution in [0.2, 0.25) is 0 Å². The molecule has 0 aromatic heterocycles. The Morgan fingerprint density at radius 3 is 2.40 bits per heavy atom. The predicted octanol–water partition coefficient (Wildman–Crippen LogP) is 2.27. The van der Waals surface area contributed by atoms with Crippen molar-refractivity contribution >= 4 is 15.9 Å². The van der Waals surface area contributed by atoms with E-state index in [1.54, 1.807) is 0 Å². The van der Waals surface area contributed by atoms with Crippen LogP contribution in [0.25, 0.3) is 0 Å². The SMILES string of the molecule is CN(C)CCC(N)Cc1ccc(Br)cc1. The molecule has 2 N–H and O–H groups in total. The van der Waals surface area contributed by atoms with Crippen molar-refractivity contribution < 1.29 is 0 Å². The van der Waals surface area contributed by atoms with Crippen molar-refractivity contribution in [3.63, 3.8) is 0 Å². The molecular formula is C12H19BrN2. The lowest BCUT2D eigenvalue weighted by Crippen LogP contribution is -2.28. The topological polar surface area (TPSA) is 29.3 Å². The summed E-state index contributed by atoms with van der Waals surface area (Å²) in [5.74, 6) is 0. The van der Waals surface area contributed by atoms with Gasteiger partial charge in [-0.15, -0.1) is 0 Å². The van der Waals surface area contributed by atoms with Gasteiger partial charge in [0, 0.05) is 10.5 Å². The number of hydrogen-bond acceptors (Lipinski definition) is 2. The van der Waals surface area contributed by atoms with E-state index >= 15 is 0 Å². The zero-order chi connectivity index (χ0) is 11.3. The highest BCUT2D eigenvalue weighted by Crippen LogP contribution is 2.12. The predicted molar refractivity (Wildman–Crippen MR) is 69.0 cm³/mol. The summed E-state index contributed by atoms with van der Waals surface area (Å²) in [5, 5.41) is 0. The first kappa shape index (κ1) is 12.7. The molecule has 0 aliphatic heterocycles. The van der Waals surface area contributed by atoms with E-state index in [1.807, 2.05) is 0 Å². The van der Waals surface area contributed by atoms with Crippen molar-refractivity contribution in [2.75, 3.05) is 20.6 Å². The second-order valence-corrected chi connectivity index (χ2v) is 5.10. The van der Waals surface area contributed by atoms with Gasteiger partial charge in [-0.2, -0.15) is 0 Å². The lowest BCUT2D eigenvalue weighted by molar-refractivity contribution is 0.379. The number of nitrogens with two attached hydrogens (primary N) is 1. The zero-order valence-electron chi connectivity index (χ0n) is 9.41. The third-order valence-corrected chi connectivity index (χ3v) is 2.89. The molecule has 0 saturated carbocycles. The van der Waals surface area contributed by atoms with E-state index in [2.05, 4.69) is 59.2 Å². The minimum Gasteiger partial charge on any atom is -0.327 e. The normalized spacial score (nSPS) is 13.1. The van der Waals surface area contributed by atoms with Crippen LogP contribution in [-0.2, 0) is 6.42 Å². The molecule has 15 heavy (non-hydrogen) atoms. The van der Waals surface area contributed by atoms with Crippen LogP contribution in [0, 0.1) is 0 Å². The minimum absolute atomic E-state index is 0.258. The summed E-state index contributed by atoms with van der Waals surface area (Å²) in [6.45, 7) is 1.05. The van der Waals surface area contributed by atoms with Crippen LogP contribution >= 0.6 is 15.9 Å². The van der Waals surface area contributed by atoms with E-state index < -0.39 is 0 Å². The average Bonchev–Trinajstić information content (AvgIpc) is 2.19. The first-order valence-electron chi connectivity index (χ1n) is 5.22. The Balaban J connectivity index is 2.37. The number of nitrogens with zero attached hydrogens (tertiary/aromatic N) is 1. The summed E-state index contributed by atoms with van der Waals surface area (Å²) < 4.78 is 1.12. The molecule has 0 aliphatic carbocycles. The Morgan fingerprint density at radius 1 is 1.27 bits per heavy atom. The van der Waals surface area contributed by atoms with Gasteiger partial charge in [-0.25, -0.2) is 0 Å². The maximum absolute atomic E-state index is 6.05. The number of benzene rings is 1. The monoisotopic (exact) mass is 270 g/mol. The molecule has 0 saturated heterocycles. The molecule has 1 aromatic carbocycles. The quantitative estimate of drug-likeness (QED) is 0.890. The highest BCUT2D eigenvalue weighted by molar-refractivity contribution is 9.10. The van der Waals surface area contributed by atoms with Crippen LogP contribution < -0.4 is 5.73 Å². The summed E-state index contributed by atoms with van der Waals surface area (Å²) in [7, 11) is 4.15. The van der Waals surface area contributed by atoms with Crippen LogP contribution in [0.1, 0.15) is 12.0 Å². The van der Waals surface area contributed by atoms with Gasteiger partial charge in [0.2, 0.25) is 0 Å². The number of rotatable bonds is 5. The Kier molecular flexibility index (Phi) is 5.29. The Hall–Kier alpha value is -0.380. The molecule has 2 nitrogen and oxygen atoms in total. The van der Waals surface area contributed by atoms with E-state index in [0.717, 1.165) is 23.9 Å². The standard InChI is InChI=1S/C12H19BrN2/c1-15(2)8-7-12(14)9-10-3-5-11(13)6-4-10/h3-6,12H,7-9,14H2,1-2H3. The molecule has 0 fully saturated rings. The average molecular weight is 271 g/mol. The Labute approximate surface area is 101 Å². The van der Waals surface area contributed by atoms with Gasteiger partial charge < -0.3 is 10.6 Å². The summed E-state index contributed by atoms with van der Waals surface area (Å²) in [6, 6.07) is 8.63. The largest absolute Gasteiger partial charge is 0.327 e. The van der Waals surface area contributed by atoms with E-state index in [0.29, 0.717) is 0 Å². The molecule has 1 atom stereocenters. The third-order valence-electron chi connectivity index (χ3n) is 2.36. The van der Waals surface area contributed by atoms with E-state index in [9.17, 15) is 0 Å². The molecule has 84 valence electrons. The van der Waals surface area contributed by atoms with Gasteiger partial charge in [-0.1, -0.05) is 28.1 Å². The van der Waals surface area contributed by atoms with Crippen LogP contribution in [-0.4, -0.2) is 31.6 Å². The first-order valence-corrected chi connectivity index (χ1v) is 6.02. The number of hydrogen-bond donors (Lipinski definition) is 1. The van der Waals surface area contributed by atoms with Crippen molar-refractivity contribution in [1.29, 1.82) is 0 Å². The zero-order valence-corrected chi connectivity index (χ0v) is 11.0. The molecule has 3 heteroatoms. The van der Waals surface area contributed by atoms with Crippen LogP contribution in [0.4, 0.5) is 0 Å². The molecule has 1 unspecified atom stereocenters. The summed E-state index contributed by atoms with van der Waals surface area (Å²) in [4.78, 5) is 2.17. The molecule has 1 rings (SSSR count). The molecule has 0 bridgehead atoms. The fourth-order valence-electron chi connectivity index (χ4n) is 1.45. The maximum atomic E-state index is 6.05. The second kappa shape index (κ2) is 6.26. The Bertz CT molecular complexity index is 282. The van der Waals surface area contributed by atoms with Gasteiger partial charge in [-0.05, 0) is 51.2 Å².